The molecule has 1 aliphatic rings. The largest absolute Gasteiger partial charge is 0.472 e. The number of furan rings is 1. The van der Waals surface area contributed by atoms with Crippen molar-refractivity contribution >= 4 is 5.91 Å². The summed E-state index contributed by atoms with van der Waals surface area (Å²) in [5.74, 6) is 0.118. The maximum atomic E-state index is 13.8. The summed E-state index contributed by atoms with van der Waals surface area (Å²) in [6.07, 6.45) is 8.53. The molecule has 1 aromatic carbocycles. The molecule has 0 atom stereocenters. The van der Waals surface area contributed by atoms with Gasteiger partial charge in [-0.05, 0) is 67.7 Å². The number of carbonyl (C=O) groups is 1. The van der Waals surface area contributed by atoms with E-state index in [9.17, 15) is 9.18 Å². The van der Waals surface area contributed by atoms with Gasteiger partial charge < -0.3 is 9.73 Å². The Morgan fingerprint density at radius 1 is 1.29 bits per heavy atom. The molecule has 7 heteroatoms. The number of nitrogens with zero attached hydrogens (tertiary/aromatic N) is 3. The van der Waals surface area contributed by atoms with Crippen LogP contribution in [0.3, 0.4) is 0 Å². The van der Waals surface area contributed by atoms with Crippen LogP contribution in [0.25, 0.3) is 5.69 Å². The smallest absolute Gasteiger partial charge is 0.254 e. The zero-order valence-electron chi connectivity index (χ0n) is 15.6. The van der Waals surface area contributed by atoms with Gasteiger partial charge in [0.2, 0.25) is 0 Å². The van der Waals surface area contributed by atoms with Crippen molar-refractivity contribution in [2.75, 3.05) is 19.6 Å². The molecule has 0 saturated carbocycles. The zero-order chi connectivity index (χ0) is 19.3. The monoisotopic (exact) mass is 382 g/mol. The second kappa shape index (κ2) is 8.39. The van der Waals surface area contributed by atoms with Gasteiger partial charge in [0.05, 0.1) is 17.5 Å². The van der Waals surface area contributed by atoms with Gasteiger partial charge in [-0.1, -0.05) is 0 Å². The molecule has 28 heavy (non-hydrogen) atoms. The normalized spacial score (nSPS) is 15.6. The highest BCUT2D eigenvalue weighted by Crippen LogP contribution is 2.22. The number of likely N-dealkylation sites (tertiary alicyclic amines) is 1. The zero-order valence-corrected chi connectivity index (χ0v) is 15.6. The summed E-state index contributed by atoms with van der Waals surface area (Å²) in [4.78, 5) is 14.3. The van der Waals surface area contributed by atoms with Crippen molar-refractivity contribution in [3.8, 4) is 5.69 Å². The first-order chi connectivity index (χ1) is 13.7. The van der Waals surface area contributed by atoms with Gasteiger partial charge in [0, 0.05) is 25.5 Å². The van der Waals surface area contributed by atoms with Crippen LogP contribution in [0.4, 0.5) is 4.39 Å². The Balaban J connectivity index is 1.31. The van der Waals surface area contributed by atoms with E-state index < -0.39 is 0 Å². The number of carbonyl (C=O) groups excluding carboxylic acids is 1. The van der Waals surface area contributed by atoms with E-state index in [1.165, 1.54) is 18.6 Å². The maximum absolute atomic E-state index is 13.8. The third kappa shape index (κ3) is 4.31. The highest BCUT2D eigenvalue weighted by molar-refractivity contribution is 5.93. The van der Waals surface area contributed by atoms with E-state index in [0.29, 0.717) is 24.6 Å². The quantitative estimate of drug-likeness (QED) is 0.711. The summed E-state index contributed by atoms with van der Waals surface area (Å²) in [6.45, 7) is 3.18. The van der Waals surface area contributed by atoms with Gasteiger partial charge >= 0.3 is 0 Å². The highest BCUT2D eigenvalue weighted by Gasteiger charge is 2.21. The van der Waals surface area contributed by atoms with Gasteiger partial charge in [-0.25, -0.2) is 9.07 Å². The Morgan fingerprint density at radius 3 is 2.86 bits per heavy atom. The first-order valence-corrected chi connectivity index (χ1v) is 9.50. The Bertz CT molecular complexity index is 901. The van der Waals surface area contributed by atoms with Crippen molar-refractivity contribution < 1.29 is 13.6 Å². The van der Waals surface area contributed by atoms with E-state index in [-0.39, 0.29) is 11.7 Å². The van der Waals surface area contributed by atoms with E-state index in [4.69, 9.17) is 4.42 Å². The van der Waals surface area contributed by atoms with Crippen LogP contribution in [0.5, 0.6) is 0 Å². The summed E-state index contributed by atoms with van der Waals surface area (Å²) >= 11 is 0. The summed E-state index contributed by atoms with van der Waals surface area (Å²) in [5, 5.41) is 7.25. The first-order valence-electron chi connectivity index (χ1n) is 9.50. The van der Waals surface area contributed by atoms with Crippen LogP contribution in [0.1, 0.15) is 28.8 Å². The standard InChI is InChI=1S/C21H23FN4O2/c22-19-2-3-20(26-8-1-7-24-26)18(12-19)14-25-9-4-16(5-10-25)13-23-21(27)17-6-11-28-15-17/h1-3,6-8,11-12,15-16H,4-5,9-10,13-14H2,(H,23,27). The Hall–Kier alpha value is -2.93. The molecule has 0 aliphatic carbocycles. The van der Waals surface area contributed by atoms with Crippen LogP contribution in [0.2, 0.25) is 0 Å². The second-order valence-electron chi connectivity index (χ2n) is 7.17. The number of hydrogen-bond acceptors (Lipinski definition) is 4. The van der Waals surface area contributed by atoms with Crippen LogP contribution >= 0.6 is 0 Å². The molecule has 1 saturated heterocycles. The fourth-order valence-corrected chi connectivity index (χ4v) is 3.64. The topological polar surface area (TPSA) is 63.3 Å². The molecule has 0 unspecified atom stereocenters. The van der Waals surface area contributed by atoms with Gasteiger partial charge in [0.15, 0.2) is 0 Å². The fourth-order valence-electron chi connectivity index (χ4n) is 3.64. The van der Waals surface area contributed by atoms with Gasteiger partial charge in [-0.3, -0.25) is 9.69 Å². The Kier molecular flexibility index (Phi) is 5.53. The molecular weight excluding hydrogens is 359 g/mol. The molecule has 3 aromatic rings. The van der Waals surface area contributed by atoms with Gasteiger partial charge in [-0.2, -0.15) is 5.10 Å². The number of aromatic nitrogens is 2. The number of nitrogens with one attached hydrogen (secondary N) is 1. The summed E-state index contributed by atoms with van der Waals surface area (Å²) in [7, 11) is 0. The first kappa shape index (κ1) is 18.4. The number of benzene rings is 1. The lowest BCUT2D eigenvalue weighted by atomic mass is 9.96. The molecule has 0 radical (unpaired) electrons. The third-order valence-corrected chi connectivity index (χ3v) is 5.23. The van der Waals surface area contributed by atoms with E-state index in [1.54, 1.807) is 29.1 Å². The van der Waals surface area contributed by atoms with Crippen LogP contribution < -0.4 is 5.32 Å². The van der Waals surface area contributed by atoms with Crippen LogP contribution in [0, 0.1) is 11.7 Å². The summed E-state index contributed by atoms with van der Waals surface area (Å²) in [6, 6.07) is 8.35. The van der Waals surface area contributed by atoms with Crippen molar-refractivity contribution in [1.82, 2.24) is 20.0 Å². The Morgan fingerprint density at radius 2 is 2.14 bits per heavy atom. The minimum atomic E-state index is -0.234. The maximum Gasteiger partial charge on any atom is 0.254 e. The van der Waals surface area contributed by atoms with E-state index in [0.717, 1.165) is 37.2 Å². The fraction of sp³-hybridized carbons (Fsp3) is 0.333. The van der Waals surface area contributed by atoms with Gasteiger partial charge in [-0.15, -0.1) is 0 Å². The van der Waals surface area contributed by atoms with E-state index >= 15 is 0 Å². The van der Waals surface area contributed by atoms with Crippen molar-refractivity contribution in [2.24, 2.45) is 5.92 Å². The molecule has 146 valence electrons. The molecule has 6 nitrogen and oxygen atoms in total. The molecule has 1 amide bonds. The van der Waals surface area contributed by atoms with Gasteiger partial charge in [0.1, 0.15) is 12.1 Å². The van der Waals surface area contributed by atoms with Crippen LogP contribution in [-0.4, -0.2) is 40.2 Å². The summed E-state index contributed by atoms with van der Waals surface area (Å²) < 4.78 is 20.5. The average Bonchev–Trinajstić information content (AvgIpc) is 3.41. The number of rotatable bonds is 6. The molecule has 1 fully saturated rings. The molecule has 0 spiro atoms. The van der Waals surface area contributed by atoms with E-state index in [2.05, 4.69) is 15.3 Å². The molecule has 4 rings (SSSR count). The van der Waals surface area contributed by atoms with Crippen LogP contribution in [-0.2, 0) is 6.54 Å². The molecule has 0 bridgehead atoms. The molecule has 1 aliphatic heterocycles. The lowest BCUT2D eigenvalue weighted by Crippen LogP contribution is -2.38. The molecule has 1 N–H and O–H groups in total. The predicted molar refractivity (Wildman–Crippen MR) is 103 cm³/mol. The molecule has 2 aromatic heterocycles. The number of piperidine rings is 1. The lowest BCUT2D eigenvalue weighted by Gasteiger charge is -2.32. The van der Waals surface area contributed by atoms with E-state index in [1.807, 2.05) is 12.3 Å². The van der Waals surface area contributed by atoms with Crippen molar-refractivity contribution in [2.45, 2.75) is 19.4 Å². The third-order valence-electron chi connectivity index (χ3n) is 5.23. The minimum absolute atomic E-state index is 0.0974. The number of hydrogen-bond donors (Lipinski definition) is 1. The number of amides is 1. The second-order valence-corrected chi connectivity index (χ2v) is 7.17. The van der Waals surface area contributed by atoms with Crippen LogP contribution in [0.15, 0.2) is 59.7 Å². The van der Waals surface area contributed by atoms with Crippen molar-refractivity contribution in [3.63, 3.8) is 0 Å². The summed E-state index contributed by atoms with van der Waals surface area (Å²) in [5.41, 5.74) is 2.38. The van der Waals surface area contributed by atoms with Crippen molar-refractivity contribution in [3.05, 3.63) is 72.2 Å². The SMILES string of the molecule is O=C(NCC1CCN(Cc2cc(F)ccc2-n2cccn2)CC1)c1ccoc1. The predicted octanol–water partition coefficient (Wildman–Crippen LogP) is 3.25. The van der Waals surface area contributed by atoms with Crippen molar-refractivity contribution in [1.29, 1.82) is 0 Å². The number of halogens is 1. The highest BCUT2D eigenvalue weighted by atomic mass is 19.1. The lowest BCUT2D eigenvalue weighted by molar-refractivity contribution is 0.0934. The molecular formula is C21H23FN4O2. The Labute approximate surface area is 162 Å². The van der Waals surface area contributed by atoms with Gasteiger partial charge in [0.25, 0.3) is 5.91 Å². The molecule has 3 heterocycles. The average molecular weight is 382 g/mol. The minimum Gasteiger partial charge on any atom is -0.472 e.